The van der Waals surface area contributed by atoms with Gasteiger partial charge in [0.1, 0.15) is 11.5 Å². The van der Waals surface area contributed by atoms with Gasteiger partial charge in [0.05, 0.1) is 0 Å². The monoisotopic (exact) mass is 358 g/mol. The normalized spacial score (nSPS) is 15.0. The molecule has 0 bridgehead atoms. The molecule has 0 heterocycles. The van der Waals surface area contributed by atoms with Crippen molar-refractivity contribution >= 4 is 0 Å². The molecule has 2 N–H and O–H groups in total. The molecule has 0 aliphatic heterocycles. The first-order valence-corrected chi connectivity index (χ1v) is 9.91. The fourth-order valence-electron chi connectivity index (χ4n) is 4.31. The van der Waals surface area contributed by atoms with Crippen molar-refractivity contribution < 1.29 is 10.2 Å². The lowest BCUT2D eigenvalue weighted by molar-refractivity contribution is 0.388. The number of rotatable bonds is 4. The molecule has 27 heavy (non-hydrogen) atoms. The third kappa shape index (κ3) is 3.71. The Hall–Kier alpha value is -2.74. The van der Waals surface area contributed by atoms with Crippen LogP contribution in [0.25, 0.3) is 11.1 Å². The van der Waals surface area contributed by atoms with Crippen LogP contribution in [0.4, 0.5) is 0 Å². The zero-order chi connectivity index (χ0) is 18.6. The smallest absolute Gasteiger partial charge is 0.130 e. The van der Waals surface area contributed by atoms with Crippen LogP contribution < -0.4 is 0 Å². The van der Waals surface area contributed by atoms with Gasteiger partial charge in [0.2, 0.25) is 0 Å². The Morgan fingerprint density at radius 2 is 1.37 bits per heavy atom. The number of hydrogen-bond donors (Lipinski definition) is 2. The average Bonchev–Trinajstić information content (AvgIpc) is 2.72. The first-order valence-electron chi connectivity index (χ1n) is 9.91. The summed E-state index contributed by atoms with van der Waals surface area (Å²) in [4.78, 5) is 0. The highest BCUT2D eigenvalue weighted by Crippen LogP contribution is 2.48. The largest absolute Gasteiger partial charge is 0.507 e. The number of benzene rings is 3. The summed E-state index contributed by atoms with van der Waals surface area (Å²) in [5.74, 6) is 0.766. The van der Waals surface area contributed by atoms with Gasteiger partial charge in [0, 0.05) is 17.5 Å². The van der Waals surface area contributed by atoms with E-state index in [1.54, 1.807) is 0 Å². The predicted molar refractivity (Wildman–Crippen MR) is 110 cm³/mol. The van der Waals surface area contributed by atoms with E-state index in [1.807, 2.05) is 54.6 Å². The van der Waals surface area contributed by atoms with Gasteiger partial charge < -0.3 is 10.2 Å². The summed E-state index contributed by atoms with van der Waals surface area (Å²) in [7, 11) is 0. The standard InChI is InChI=1S/C25H26O2/c26-24-21(16-18-10-4-1-5-11-18)17-22(19-12-6-2-7-13-19)25(27)23(24)20-14-8-3-9-15-20/h1-2,4-7,10-13,17,20,26-27H,3,8-9,14-16H2. The van der Waals surface area contributed by atoms with E-state index in [1.165, 1.54) is 6.42 Å². The third-order valence-corrected chi connectivity index (χ3v) is 5.72. The molecule has 1 saturated carbocycles. The molecule has 4 rings (SSSR count). The van der Waals surface area contributed by atoms with E-state index < -0.39 is 0 Å². The molecule has 3 aromatic rings. The van der Waals surface area contributed by atoms with Gasteiger partial charge >= 0.3 is 0 Å². The molecule has 0 saturated heterocycles. The van der Waals surface area contributed by atoms with E-state index in [0.29, 0.717) is 6.42 Å². The lowest BCUT2D eigenvalue weighted by Crippen LogP contribution is -2.07. The molecule has 0 unspecified atom stereocenters. The van der Waals surface area contributed by atoms with Crippen LogP contribution >= 0.6 is 0 Å². The van der Waals surface area contributed by atoms with Gasteiger partial charge in [0.25, 0.3) is 0 Å². The molecule has 0 aromatic heterocycles. The molecule has 1 aliphatic rings. The van der Waals surface area contributed by atoms with Crippen LogP contribution in [0.3, 0.4) is 0 Å². The topological polar surface area (TPSA) is 40.5 Å². The fraction of sp³-hybridized carbons (Fsp3) is 0.280. The first-order chi connectivity index (χ1) is 13.2. The van der Waals surface area contributed by atoms with E-state index in [4.69, 9.17) is 0 Å². The Kier molecular flexibility index (Phi) is 5.15. The van der Waals surface area contributed by atoms with Gasteiger partial charge in [0.15, 0.2) is 0 Å². The second-order valence-electron chi connectivity index (χ2n) is 7.56. The van der Waals surface area contributed by atoms with Crippen LogP contribution in [-0.2, 0) is 6.42 Å². The number of phenols is 2. The van der Waals surface area contributed by atoms with Crippen LogP contribution in [0.5, 0.6) is 11.5 Å². The summed E-state index contributed by atoms with van der Waals surface area (Å²) >= 11 is 0. The Bertz CT molecular complexity index is 895. The Morgan fingerprint density at radius 1 is 0.741 bits per heavy atom. The zero-order valence-electron chi connectivity index (χ0n) is 15.6. The molecular formula is C25H26O2. The third-order valence-electron chi connectivity index (χ3n) is 5.72. The number of phenolic OH excluding ortho intramolecular Hbond substituents is 2. The Labute approximate surface area is 161 Å². The maximum atomic E-state index is 11.1. The van der Waals surface area contributed by atoms with Crippen LogP contribution in [-0.4, -0.2) is 10.2 Å². The lowest BCUT2D eigenvalue weighted by atomic mass is 9.80. The Morgan fingerprint density at radius 3 is 2.04 bits per heavy atom. The predicted octanol–water partition coefficient (Wildman–Crippen LogP) is 6.40. The van der Waals surface area contributed by atoms with Crippen LogP contribution in [0.15, 0.2) is 66.7 Å². The van der Waals surface area contributed by atoms with Crippen LogP contribution in [0.1, 0.15) is 54.7 Å². The minimum absolute atomic E-state index is 0.233. The van der Waals surface area contributed by atoms with Gasteiger partial charge in [-0.2, -0.15) is 0 Å². The summed E-state index contributed by atoms with van der Waals surface area (Å²) in [6.07, 6.45) is 6.29. The molecular weight excluding hydrogens is 332 g/mol. The maximum Gasteiger partial charge on any atom is 0.130 e. The van der Waals surface area contributed by atoms with E-state index >= 15 is 0 Å². The van der Waals surface area contributed by atoms with Crippen molar-refractivity contribution in [2.45, 2.75) is 44.4 Å². The molecule has 0 spiro atoms. The quantitative estimate of drug-likeness (QED) is 0.566. The van der Waals surface area contributed by atoms with Crippen molar-refractivity contribution in [3.63, 3.8) is 0 Å². The molecule has 138 valence electrons. The maximum absolute atomic E-state index is 11.1. The lowest BCUT2D eigenvalue weighted by Gasteiger charge is -2.26. The summed E-state index contributed by atoms with van der Waals surface area (Å²) in [6, 6.07) is 22.1. The van der Waals surface area contributed by atoms with Crippen LogP contribution in [0, 0.1) is 0 Å². The van der Waals surface area contributed by atoms with Gasteiger partial charge in [-0.25, -0.2) is 0 Å². The summed E-state index contributed by atoms with van der Waals surface area (Å²) in [6.45, 7) is 0. The van der Waals surface area contributed by atoms with Crippen molar-refractivity contribution in [1.29, 1.82) is 0 Å². The molecule has 0 radical (unpaired) electrons. The highest BCUT2D eigenvalue weighted by Gasteiger charge is 2.26. The van der Waals surface area contributed by atoms with E-state index in [9.17, 15) is 10.2 Å². The minimum atomic E-state index is 0.233. The Balaban J connectivity index is 1.85. The molecule has 1 fully saturated rings. The molecule has 1 aliphatic carbocycles. The van der Waals surface area contributed by atoms with E-state index in [0.717, 1.165) is 53.5 Å². The zero-order valence-corrected chi connectivity index (χ0v) is 15.6. The van der Waals surface area contributed by atoms with E-state index in [2.05, 4.69) is 12.1 Å². The van der Waals surface area contributed by atoms with Crippen molar-refractivity contribution in [2.75, 3.05) is 0 Å². The van der Waals surface area contributed by atoms with E-state index in [-0.39, 0.29) is 17.4 Å². The van der Waals surface area contributed by atoms with Crippen molar-refractivity contribution in [3.8, 4) is 22.6 Å². The van der Waals surface area contributed by atoms with Gasteiger partial charge in [-0.1, -0.05) is 79.9 Å². The molecule has 0 amide bonds. The van der Waals surface area contributed by atoms with Gasteiger partial charge in [-0.15, -0.1) is 0 Å². The summed E-state index contributed by atoms with van der Waals surface area (Å²) in [5, 5.41) is 22.2. The average molecular weight is 358 g/mol. The van der Waals surface area contributed by atoms with Crippen molar-refractivity contribution in [1.82, 2.24) is 0 Å². The molecule has 3 aromatic carbocycles. The van der Waals surface area contributed by atoms with Crippen molar-refractivity contribution in [3.05, 3.63) is 83.4 Å². The van der Waals surface area contributed by atoms with Gasteiger partial charge in [-0.05, 0) is 41.5 Å². The van der Waals surface area contributed by atoms with Crippen molar-refractivity contribution in [2.24, 2.45) is 0 Å². The SMILES string of the molecule is Oc1c(Cc2ccccc2)cc(-c2ccccc2)c(O)c1C1CCCCC1. The fourth-order valence-corrected chi connectivity index (χ4v) is 4.31. The molecule has 2 nitrogen and oxygen atoms in total. The van der Waals surface area contributed by atoms with Gasteiger partial charge in [-0.3, -0.25) is 0 Å². The summed E-state index contributed by atoms with van der Waals surface area (Å²) < 4.78 is 0. The molecule has 0 atom stereocenters. The first kappa shape index (κ1) is 17.7. The minimum Gasteiger partial charge on any atom is -0.507 e. The van der Waals surface area contributed by atoms with Crippen LogP contribution in [0.2, 0.25) is 0 Å². The number of aromatic hydroxyl groups is 2. The molecule has 2 heteroatoms. The summed E-state index contributed by atoms with van der Waals surface area (Å²) in [5.41, 5.74) is 4.61. The second kappa shape index (κ2) is 7.87. The second-order valence-corrected chi connectivity index (χ2v) is 7.56. The highest BCUT2D eigenvalue weighted by atomic mass is 16.3. The highest BCUT2D eigenvalue weighted by molar-refractivity contribution is 5.76. The number of hydrogen-bond acceptors (Lipinski definition) is 2.